The smallest absolute Gasteiger partial charge is 0.152 e. The van der Waals surface area contributed by atoms with Crippen molar-refractivity contribution in [3.05, 3.63) is 30.2 Å². The molecule has 2 aromatic heterocycles. The van der Waals surface area contributed by atoms with Crippen LogP contribution >= 0.6 is 0 Å². The average Bonchev–Trinajstić information content (AvgIpc) is 2.60. The van der Waals surface area contributed by atoms with Gasteiger partial charge in [0.1, 0.15) is 5.52 Å². The van der Waals surface area contributed by atoms with Gasteiger partial charge in [0, 0.05) is 18.3 Å². The molecule has 4 nitrogen and oxygen atoms in total. The minimum Gasteiger partial charge on any atom is -0.462 e. The number of rotatable bonds is 2. The molecule has 0 amide bonds. The van der Waals surface area contributed by atoms with Gasteiger partial charge in [-0.15, -0.1) is 0 Å². The molecule has 0 saturated carbocycles. The predicted molar refractivity (Wildman–Crippen MR) is 48.0 cm³/mol. The van der Waals surface area contributed by atoms with E-state index >= 15 is 0 Å². The maximum absolute atomic E-state index is 9.49. The lowest BCUT2D eigenvalue weighted by Crippen LogP contribution is -2.11. The second kappa shape index (κ2) is 3.16. The van der Waals surface area contributed by atoms with Crippen molar-refractivity contribution in [2.24, 2.45) is 5.73 Å². The quantitative estimate of drug-likeness (QED) is 0.714. The van der Waals surface area contributed by atoms with Gasteiger partial charge >= 0.3 is 0 Å². The number of nitrogens with zero attached hydrogens (tertiary/aromatic N) is 1. The Morgan fingerprint density at radius 2 is 2.46 bits per heavy atom. The van der Waals surface area contributed by atoms with Gasteiger partial charge in [0.2, 0.25) is 0 Å². The highest BCUT2D eigenvalue weighted by Crippen LogP contribution is 2.23. The Kier molecular flexibility index (Phi) is 2.00. The number of aliphatic hydroxyl groups excluding tert-OH is 1. The highest BCUT2D eigenvalue weighted by molar-refractivity contribution is 5.76. The molecule has 2 rings (SSSR count). The van der Waals surface area contributed by atoms with E-state index in [1.807, 2.05) is 0 Å². The van der Waals surface area contributed by atoms with E-state index in [9.17, 15) is 5.11 Å². The summed E-state index contributed by atoms with van der Waals surface area (Å²) in [6.45, 7) is 0.172. The van der Waals surface area contributed by atoms with Gasteiger partial charge in [-0.05, 0) is 12.1 Å². The molecule has 0 aromatic carbocycles. The van der Waals surface area contributed by atoms with E-state index in [4.69, 9.17) is 10.2 Å². The Bertz CT molecular complexity index is 411. The van der Waals surface area contributed by atoms with Gasteiger partial charge in [-0.3, -0.25) is 4.98 Å². The van der Waals surface area contributed by atoms with Crippen LogP contribution in [0.25, 0.3) is 11.1 Å². The molecule has 2 heterocycles. The Hall–Kier alpha value is -1.39. The third kappa shape index (κ3) is 1.30. The SMILES string of the molecule is NCC(O)c1coc2cccnc12. The minimum absolute atomic E-state index is 0.172. The Morgan fingerprint density at radius 3 is 3.23 bits per heavy atom. The molecule has 0 radical (unpaired) electrons. The van der Waals surface area contributed by atoms with Crippen LogP contribution in [0.1, 0.15) is 11.7 Å². The number of hydrogen-bond donors (Lipinski definition) is 2. The topological polar surface area (TPSA) is 72.3 Å². The predicted octanol–water partition coefficient (Wildman–Crippen LogP) is 0.820. The number of aliphatic hydroxyl groups is 1. The number of furan rings is 1. The number of pyridine rings is 1. The van der Waals surface area contributed by atoms with Gasteiger partial charge < -0.3 is 15.3 Å². The van der Waals surface area contributed by atoms with Crippen LogP contribution in [-0.2, 0) is 0 Å². The molecule has 0 fully saturated rings. The second-order valence-corrected chi connectivity index (χ2v) is 2.79. The molecule has 0 spiro atoms. The minimum atomic E-state index is -0.698. The molecule has 0 aliphatic heterocycles. The van der Waals surface area contributed by atoms with Crippen LogP contribution in [0.4, 0.5) is 0 Å². The van der Waals surface area contributed by atoms with Crippen LogP contribution in [0, 0.1) is 0 Å². The van der Waals surface area contributed by atoms with E-state index in [0.29, 0.717) is 16.7 Å². The number of aromatic nitrogens is 1. The van der Waals surface area contributed by atoms with E-state index in [-0.39, 0.29) is 6.54 Å². The third-order valence-electron chi connectivity index (χ3n) is 1.94. The van der Waals surface area contributed by atoms with Crippen LogP contribution in [0.2, 0.25) is 0 Å². The molecule has 0 bridgehead atoms. The lowest BCUT2D eigenvalue weighted by atomic mass is 10.1. The first kappa shape index (κ1) is 8.22. The Labute approximate surface area is 75.0 Å². The Morgan fingerprint density at radius 1 is 1.62 bits per heavy atom. The normalized spacial score (nSPS) is 13.4. The summed E-state index contributed by atoms with van der Waals surface area (Å²) >= 11 is 0. The zero-order valence-corrected chi connectivity index (χ0v) is 6.97. The zero-order valence-electron chi connectivity index (χ0n) is 6.97. The first-order chi connectivity index (χ1) is 6.33. The van der Waals surface area contributed by atoms with Crippen LogP contribution in [0.3, 0.4) is 0 Å². The summed E-state index contributed by atoms with van der Waals surface area (Å²) in [5, 5.41) is 9.49. The molecule has 4 heteroatoms. The summed E-state index contributed by atoms with van der Waals surface area (Å²) in [7, 11) is 0. The van der Waals surface area contributed by atoms with Gasteiger partial charge in [0.15, 0.2) is 5.58 Å². The average molecular weight is 178 g/mol. The standard InChI is InChI=1S/C9H10N2O2/c10-4-7(12)6-5-13-8-2-1-3-11-9(6)8/h1-3,5,7,12H,4,10H2. The first-order valence-corrected chi connectivity index (χ1v) is 4.03. The van der Waals surface area contributed by atoms with E-state index in [1.165, 1.54) is 6.26 Å². The molecule has 13 heavy (non-hydrogen) atoms. The van der Waals surface area contributed by atoms with E-state index in [2.05, 4.69) is 4.98 Å². The zero-order chi connectivity index (χ0) is 9.26. The van der Waals surface area contributed by atoms with Gasteiger partial charge in [-0.25, -0.2) is 0 Å². The van der Waals surface area contributed by atoms with Crippen molar-refractivity contribution in [3.8, 4) is 0 Å². The largest absolute Gasteiger partial charge is 0.462 e. The lowest BCUT2D eigenvalue weighted by molar-refractivity contribution is 0.187. The molecular formula is C9H10N2O2. The van der Waals surface area contributed by atoms with Crippen LogP contribution in [-0.4, -0.2) is 16.6 Å². The maximum Gasteiger partial charge on any atom is 0.152 e. The first-order valence-electron chi connectivity index (χ1n) is 4.03. The highest BCUT2D eigenvalue weighted by atomic mass is 16.3. The highest BCUT2D eigenvalue weighted by Gasteiger charge is 2.13. The molecule has 1 unspecified atom stereocenters. The van der Waals surface area contributed by atoms with Crippen molar-refractivity contribution in [3.63, 3.8) is 0 Å². The second-order valence-electron chi connectivity index (χ2n) is 2.79. The van der Waals surface area contributed by atoms with E-state index in [0.717, 1.165) is 0 Å². The molecule has 0 aliphatic carbocycles. The fourth-order valence-electron chi connectivity index (χ4n) is 1.25. The summed E-state index contributed by atoms with van der Waals surface area (Å²) in [6, 6.07) is 3.58. The van der Waals surface area contributed by atoms with Crippen LogP contribution in [0.15, 0.2) is 29.0 Å². The lowest BCUT2D eigenvalue weighted by Gasteiger charge is -2.02. The summed E-state index contributed by atoms with van der Waals surface area (Å²) in [4.78, 5) is 4.10. The fourth-order valence-corrected chi connectivity index (χ4v) is 1.25. The monoisotopic (exact) mass is 178 g/mol. The summed E-state index contributed by atoms with van der Waals surface area (Å²) in [6.07, 6.45) is 2.45. The van der Waals surface area contributed by atoms with E-state index in [1.54, 1.807) is 18.3 Å². The van der Waals surface area contributed by atoms with Crippen molar-refractivity contribution in [2.45, 2.75) is 6.10 Å². The molecule has 3 N–H and O–H groups in total. The number of fused-ring (bicyclic) bond motifs is 1. The fraction of sp³-hybridized carbons (Fsp3) is 0.222. The molecular weight excluding hydrogens is 168 g/mol. The van der Waals surface area contributed by atoms with Gasteiger partial charge in [-0.1, -0.05) is 0 Å². The van der Waals surface area contributed by atoms with Crippen molar-refractivity contribution in [2.75, 3.05) is 6.54 Å². The van der Waals surface area contributed by atoms with Gasteiger partial charge in [-0.2, -0.15) is 0 Å². The molecule has 68 valence electrons. The van der Waals surface area contributed by atoms with Crippen LogP contribution in [0.5, 0.6) is 0 Å². The Balaban J connectivity index is 2.57. The number of hydrogen-bond acceptors (Lipinski definition) is 4. The molecule has 1 atom stereocenters. The van der Waals surface area contributed by atoms with Crippen molar-refractivity contribution < 1.29 is 9.52 Å². The summed E-state index contributed by atoms with van der Waals surface area (Å²) < 4.78 is 5.19. The third-order valence-corrected chi connectivity index (χ3v) is 1.94. The van der Waals surface area contributed by atoms with Crippen LogP contribution < -0.4 is 5.73 Å². The summed E-state index contributed by atoms with van der Waals surface area (Å²) in [5.41, 5.74) is 7.34. The maximum atomic E-state index is 9.49. The van der Waals surface area contributed by atoms with Gasteiger partial charge in [0.25, 0.3) is 0 Å². The number of nitrogens with two attached hydrogens (primary N) is 1. The molecule has 2 aromatic rings. The van der Waals surface area contributed by atoms with Crippen molar-refractivity contribution in [1.29, 1.82) is 0 Å². The molecule has 0 aliphatic rings. The van der Waals surface area contributed by atoms with Gasteiger partial charge in [0.05, 0.1) is 12.4 Å². The van der Waals surface area contributed by atoms with Crippen molar-refractivity contribution >= 4 is 11.1 Å². The summed E-state index contributed by atoms with van der Waals surface area (Å²) in [5.74, 6) is 0. The van der Waals surface area contributed by atoms with E-state index < -0.39 is 6.10 Å². The molecule has 0 saturated heterocycles. The van der Waals surface area contributed by atoms with Crippen molar-refractivity contribution in [1.82, 2.24) is 4.98 Å².